The van der Waals surface area contributed by atoms with Crippen molar-refractivity contribution in [1.82, 2.24) is 15.5 Å². The SMILES string of the molecule is CC(C)(C)OC(=O)NCc1nnc(C(O)(c2ccccc2)c2ccccc2)o1. The highest BCUT2D eigenvalue weighted by Gasteiger charge is 2.39. The Morgan fingerprint density at radius 2 is 1.54 bits per heavy atom. The number of carbonyl (C=O) groups is 1. The number of rotatable bonds is 5. The Morgan fingerprint density at radius 1 is 1.00 bits per heavy atom. The number of carbonyl (C=O) groups excluding carboxylic acids is 1. The summed E-state index contributed by atoms with van der Waals surface area (Å²) in [6, 6.07) is 18.2. The van der Waals surface area contributed by atoms with Crippen LogP contribution in [0, 0.1) is 0 Å². The standard InChI is InChI=1S/C21H23N3O4/c1-20(2,3)28-19(25)22-14-17-23-24-18(27-17)21(26,15-10-6-4-7-11-15)16-12-8-5-9-13-16/h4-13,26H,14H2,1-3H3,(H,22,25). The molecule has 3 rings (SSSR count). The summed E-state index contributed by atoms with van der Waals surface area (Å²) >= 11 is 0. The normalized spacial score (nSPS) is 11.9. The van der Waals surface area contributed by atoms with E-state index in [9.17, 15) is 9.90 Å². The van der Waals surface area contributed by atoms with Crippen LogP contribution in [0.2, 0.25) is 0 Å². The third kappa shape index (κ3) is 4.37. The molecule has 0 atom stereocenters. The Labute approximate surface area is 163 Å². The molecule has 2 aromatic carbocycles. The fraction of sp³-hybridized carbons (Fsp3) is 0.286. The van der Waals surface area contributed by atoms with Crippen LogP contribution in [0.25, 0.3) is 0 Å². The molecule has 28 heavy (non-hydrogen) atoms. The first-order valence-corrected chi connectivity index (χ1v) is 8.92. The number of nitrogens with zero attached hydrogens (tertiary/aromatic N) is 2. The first kappa shape index (κ1) is 19.6. The molecule has 0 bridgehead atoms. The van der Waals surface area contributed by atoms with Gasteiger partial charge in [0.25, 0.3) is 5.89 Å². The van der Waals surface area contributed by atoms with E-state index in [1.165, 1.54) is 0 Å². The lowest BCUT2D eigenvalue weighted by Gasteiger charge is -2.25. The minimum Gasteiger partial charge on any atom is -0.444 e. The molecule has 0 fully saturated rings. The van der Waals surface area contributed by atoms with Crippen molar-refractivity contribution in [3.63, 3.8) is 0 Å². The van der Waals surface area contributed by atoms with Gasteiger partial charge >= 0.3 is 6.09 Å². The van der Waals surface area contributed by atoms with E-state index in [2.05, 4.69) is 15.5 Å². The average Bonchev–Trinajstić information content (AvgIpc) is 3.15. The van der Waals surface area contributed by atoms with Crippen molar-refractivity contribution in [2.75, 3.05) is 0 Å². The molecule has 1 aromatic heterocycles. The highest BCUT2D eigenvalue weighted by Crippen LogP contribution is 2.35. The monoisotopic (exact) mass is 381 g/mol. The molecule has 0 radical (unpaired) electrons. The number of alkyl carbamates (subject to hydrolysis) is 1. The second-order valence-corrected chi connectivity index (χ2v) is 7.30. The molecule has 3 aromatic rings. The summed E-state index contributed by atoms with van der Waals surface area (Å²) < 4.78 is 10.9. The highest BCUT2D eigenvalue weighted by atomic mass is 16.6. The molecule has 7 nitrogen and oxygen atoms in total. The topological polar surface area (TPSA) is 97.5 Å². The van der Waals surface area contributed by atoms with Gasteiger partial charge < -0.3 is 19.6 Å². The Bertz CT molecular complexity index is 878. The molecule has 1 heterocycles. The zero-order valence-electron chi connectivity index (χ0n) is 16.0. The molecule has 2 N–H and O–H groups in total. The highest BCUT2D eigenvalue weighted by molar-refractivity contribution is 5.67. The van der Waals surface area contributed by atoms with Crippen LogP contribution < -0.4 is 5.32 Å². The molecule has 0 unspecified atom stereocenters. The van der Waals surface area contributed by atoms with Gasteiger partial charge in [-0.2, -0.15) is 0 Å². The minimum atomic E-state index is -1.61. The third-order valence-corrected chi connectivity index (χ3v) is 3.94. The minimum absolute atomic E-state index is 0.0123. The number of hydrogen-bond donors (Lipinski definition) is 2. The molecule has 146 valence electrons. The number of ether oxygens (including phenoxy) is 1. The molecule has 1 amide bonds. The summed E-state index contributed by atoms with van der Waals surface area (Å²) in [5, 5.41) is 22.1. The van der Waals surface area contributed by atoms with Gasteiger partial charge in [0.1, 0.15) is 5.60 Å². The van der Waals surface area contributed by atoms with Crippen molar-refractivity contribution in [1.29, 1.82) is 0 Å². The maximum absolute atomic E-state index is 11.8. The maximum atomic E-state index is 11.8. The zero-order chi connectivity index (χ0) is 20.2. The van der Waals surface area contributed by atoms with Crippen molar-refractivity contribution in [2.24, 2.45) is 0 Å². The molecule has 0 aliphatic carbocycles. The van der Waals surface area contributed by atoms with E-state index in [1.807, 2.05) is 36.4 Å². The van der Waals surface area contributed by atoms with Gasteiger partial charge in [0.05, 0.1) is 6.54 Å². The lowest BCUT2D eigenvalue weighted by molar-refractivity contribution is 0.0517. The van der Waals surface area contributed by atoms with E-state index in [0.29, 0.717) is 11.1 Å². The van der Waals surface area contributed by atoms with Gasteiger partial charge in [-0.3, -0.25) is 0 Å². The van der Waals surface area contributed by atoms with E-state index in [-0.39, 0.29) is 18.3 Å². The van der Waals surface area contributed by atoms with Gasteiger partial charge in [0.15, 0.2) is 5.60 Å². The largest absolute Gasteiger partial charge is 0.444 e. The number of aromatic nitrogens is 2. The van der Waals surface area contributed by atoms with Crippen LogP contribution in [0.4, 0.5) is 4.79 Å². The summed E-state index contributed by atoms with van der Waals surface area (Å²) in [5.74, 6) is 0.178. The first-order valence-electron chi connectivity index (χ1n) is 8.92. The summed E-state index contributed by atoms with van der Waals surface area (Å²) in [7, 11) is 0. The van der Waals surface area contributed by atoms with Crippen molar-refractivity contribution in [3.8, 4) is 0 Å². The lowest BCUT2D eigenvalue weighted by atomic mass is 9.86. The Kier molecular flexibility index (Phi) is 5.46. The van der Waals surface area contributed by atoms with Crippen LogP contribution in [0.5, 0.6) is 0 Å². The fourth-order valence-corrected chi connectivity index (χ4v) is 2.71. The van der Waals surface area contributed by atoms with Crippen molar-refractivity contribution >= 4 is 6.09 Å². The molecular weight excluding hydrogens is 358 g/mol. The van der Waals surface area contributed by atoms with Crippen LogP contribution in [-0.2, 0) is 16.9 Å². The number of nitrogens with one attached hydrogen (secondary N) is 1. The second-order valence-electron chi connectivity index (χ2n) is 7.30. The van der Waals surface area contributed by atoms with Crippen molar-refractivity contribution in [2.45, 2.75) is 38.5 Å². The lowest BCUT2D eigenvalue weighted by Crippen LogP contribution is -2.32. The number of hydrogen-bond acceptors (Lipinski definition) is 6. The summed E-state index contributed by atoms with van der Waals surface area (Å²) in [4.78, 5) is 11.8. The molecule has 0 spiro atoms. The Morgan fingerprint density at radius 3 is 2.04 bits per heavy atom. The fourth-order valence-electron chi connectivity index (χ4n) is 2.71. The summed E-state index contributed by atoms with van der Waals surface area (Å²) in [5.41, 5.74) is -1.03. The predicted octanol–water partition coefficient (Wildman–Crippen LogP) is 3.38. The van der Waals surface area contributed by atoms with Crippen molar-refractivity contribution in [3.05, 3.63) is 83.6 Å². The molecule has 0 saturated heterocycles. The molecule has 0 saturated carbocycles. The Hall–Kier alpha value is -3.19. The molecule has 7 heteroatoms. The van der Waals surface area contributed by atoms with Crippen LogP contribution in [0.15, 0.2) is 65.1 Å². The molecule has 0 aliphatic heterocycles. The van der Waals surface area contributed by atoms with Gasteiger partial charge in [-0.25, -0.2) is 4.79 Å². The number of amides is 1. The van der Waals surface area contributed by atoms with Crippen LogP contribution in [0.3, 0.4) is 0 Å². The van der Waals surface area contributed by atoms with Gasteiger partial charge in [-0.05, 0) is 31.9 Å². The number of aliphatic hydroxyl groups is 1. The zero-order valence-corrected chi connectivity index (χ0v) is 16.0. The van der Waals surface area contributed by atoms with E-state index in [4.69, 9.17) is 9.15 Å². The smallest absolute Gasteiger partial charge is 0.408 e. The maximum Gasteiger partial charge on any atom is 0.408 e. The number of benzene rings is 2. The average molecular weight is 381 g/mol. The van der Waals surface area contributed by atoms with Crippen LogP contribution >= 0.6 is 0 Å². The quantitative estimate of drug-likeness (QED) is 0.703. The second kappa shape index (κ2) is 7.82. The van der Waals surface area contributed by atoms with Crippen molar-refractivity contribution < 1.29 is 19.1 Å². The van der Waals surface area contributed by atoms with Gasteiger partial charge in [0, 0.05) is 0 Å². The van der Waals surface area contributed by atoms with E-state index >= 15 is 0 Å². The van der Waals surface area contributed by atoms with E-state index < -0.39 is 17.3 Å². The van der Waals surface area contributed by atoms with E-state index in [1.54, 1.807) is 45.0 Å². The first-order chi connectivity index (χ1) is 13.3. The summed E-state index contributed by atoms with van der Waals surface area (Å²) in [6.45, 7) is 5.31. The molecule has 0 aliphatic rings. The van der Waals surface area contributed by atoms with Crippen LogP contribution in [0.1, 0.15) is 43.7 Å². The van der Waals surface area contributed by atoms with Gasteiger partial charge in [-0.1, -0.05) is 60.7 Å². The van der Waals surface area contributed by atoms with Gasteiger partial charge in [0.2, 0.25) is 5.89 Å². The molecular formula is C21H23N3O4. The van der Waals surface area contributed by atoms with Gasteiger partial charge in [-0.15, -0.1) is 10.2 Å². The van der Waals surface area contributed by atoms with E-state index in [0.717, 1.165) is 0 Å². The third-order valence-electron chi connectivity index (χ3n) is 3.94. The van der Waals surface area contributed by atoms with Crippen LogP contribution in [-0.4, -0.2) is 27.0 Å². The Balaban J connectivity index is 1.86. The predicted molar refractivity (Wildman–Crippen MR) is 102 cm³/mol. The summed E-state index contributed by atoms with van der Waals surface area (Å²) in [6.07, 6.45) is -0.589.